The Morgan fingerprint density at radius 2 is 1.66 bits per heavy atom. The van der Waals surface area contributed by atoms with Crippen LogP contribution in [0.4, 0.5) is 23.4 Å². The van der Waals surface area contributed by atoms with Gasteiger partial charge in [-0.05, 0) is 81.1 Å². The van der Waals surface area contributed by atoms with Crippen LogP contribution in [0.3, 0.4) is 0 Å². The number of alkyl halides is 3. The molecule has 0 saturated carbocycles. The quantitative estimate of drug-likeness (QED) is 0.469. The number of benzene rings is 1. The van der Waals surface area contributed by atoms with Crippen LogP contribution in [0.2, 0.25) is 0 Å². The van der Waals surface area contributed by atoms with Crippen LogP contribution in [-0.2, 0) is 22.9 Å². The molecule has 4 rings (SSSR count). The van der Waals surface area contributed by atoms with Gasteiger partial charge in [0.2, 0.25) is 0 Å². The molecule has 1 aromatic carbocycles. The van der Waals surface area contributed by atoms with Crippen LogP contribution in [0.15, 0.2) is 36.4 Å². The molecule has 192 valence electrons. The SMILES string of the molecule is CC1CC(C)CN(c2cc(C(F)(F)F)cc(COCC3(c4ccc(F)cc4)CCN(C)CC3)n2)C1. The zero-order valence-electron chi connectivity index (χ0n) is 20.7. The molecule has 3 heterocycles. The summed E-state index contributed by atoms with van der Waals surface area (Å²) >= 11 is 0. The number of nitrogens with zero attached hydrogens (tertiary/aromatic N) is 3. The Morgan fingerprint density at radius 1 is 1.03 bits per heavy atom. The van der Waals surface area contributed by atoms with Gasteiger partial charge in [-0.25, -0.2) is 9.37 Å². The lowest BCUT2D eigenvalue weighted by Gasteiger charge is -2.41. The van der Waals surface area contributed by atoms with Crippen LogP contribution in [0, 0.1) is 17.7 Å². The van der Waals surface area contributed by atoms with Crippen LogP contribution in [0.5, 0.6) is 0 Å². The number of hydrogen-bond acceptors (Lipinski definition) is 4. The van der Waals surface area contributed by atoms with Gasteiger partial charge in [0.05, 0.1) is 24.5 Å². The predicted octanol–water partition coefficient (Wildman–Crippen LogP) is 5.90. The molecule has 0 N–H and O–H groups in total. The Bertz CT molecular complexity index is 977. The maximum Gasteiger partial charge on any atom is 0.416 e. The molecule has 2 aliphatic heterocycles. The van der Waals surface area contributed by atoms with Crippen molar-refractivity contribution >= 4 is 5.82 Å². The molecule has 2 atom stereocenters. The minimum absolute atomic E-state index is 0.00531. The summed E-state index contributed by atoms with van der Waals surface area (Å²) in [5.74, 6) is 0.869. The molecule has 1 aromatic heterocycles. The summed E-state index contributed by atoms with van der Waals surface area (Å²) in [5.41, 5.74) is 0.283. The number of anilines is 1. The van der Waals surface area contributed by atoms with Crippen molar-refractivity contribution < 1.29 is 22.3 Å². The van der Waals surface area contributed by atoms with E-state index in [1.807, 2.05) is 4.90 Å². The highest BCUT2D eigenvalue weighted by Gasteiger charge is 2.36. The number of rotatable bonds is 6. The number of likely N-dealkylation sites (tertiary alicyclic amines) is 1. The topological polar surface area (TPSA) is 28.6 Å². The summed E-state index contributed by atoms with van der Waals surface area (Å²) in [6.07, 6.45) is -1.73. The van der Waals surface area contributed by atoms with E-state index in [-0.39, 0.29) is 23.5 Å². The highest BCUT2D eigenvalue weighted by atomic mass is 19.4. The summed E-state index contributed by atoms with van der Waals surface area (Å²) in [7, 11) is 2.06. The fraction of sp³-hybridized carbons (Fsp3) is 0.593. The summed E-state index contributed by atoms with van der Waals surface area (Å²) in [5, 5.41) is 0. The molecule has 2 aliphatic rings. The van der Waals surface area contributed by atoms with E-state index in [1.165, 1.54) is 12.1 Å². The standard InChI is InChI=1S/C27H35F4N3O/c1-19-12-20(2)16-34(15-19)25-14-22(27(29,30)31)13-24(32-25)17-35-18-26(8-10-33(3)11-9-26)21-4-6-23(28)7-5-21/h4-7,13-14,19-20H,8-12,15-18H2,1-3H3. The lowest BCUT2D eigenvalue weighted by molar-refractivity contribution is -0.137. The van der Waals surface area contributed by atoms with Crippen LogP contribution in [0.1, 0.15) is 49.9 Å². The number of piperidine rings is 2. The highest BCUT2D eigenvalue weighted by molar-refractivity contribution is 5.44. The third-order valence-electron chi connectivity index (χ3n) is 7.41. The first kappa shape index (κ1) is 25.9. The van der Waals surface area contributed by atoms with E-state index in [0.717, 1.165) is 50.0 Å². The number of aromatic nitrogens is 1. The number of hydrogen-bond donors (Lipinski definition) is 0. The molecule has 4 nitrogen and oxygen atoms in total. The zero-order valence-corrected chi connectivity index (χ0v) is 20.7. The normalized spacial score (nSPS) is 23.5. The average molecular weight is 494 g/mol. The summed E-state index contributed by atoms with van der Waals surface area (Å²) in [6, 6.07) is 8.75. The van der Waals surface area contributed by atoms with Crippen LogP contribution in [-0.4, -0.2) is 49.7 Å². The Labute approximate surface area is 205 Å². The van der Waals surface area contributed by atoms with Gasteiger partial charge in [-0.1, -0.05) is 26.0 Å². The lowest BCUT2D eigenvalue weighted by atomic mass is 9.73. The van der Waals surface area contributed by atoms with E-state index in [2.05, 4.69) is 30.8 Å². The van der Waals surface area contributed by atoms with E-state index in [1.54, 1.807) is 12.1 Å². The summed E-state index contributed by atoms with van der Waals surface area (Å²) in [4.78, 5) is 8.79. The van der Waals surface area contributed by atoms with E-state index >= 15 is 0 Å². The maximum atomic E-state index is 13.7. The Hall–Kier alpha value is -2.19. The van der Waals surface area contributed by atoms with Crippen molar-refractivity contribution in [2.75, 3.05) is 44.7 Å². The molecule has 2 saturated heterocycles. The summed E-state index contributed by atoms with van der Waals surface area (Å²) < 4.78 is 60.8. The second kappa shape index (κ2) is 10.4. The van der Waals surface area contributed by atoms with Crippen LogP contribution in [0.25, 0.3) is 0 Å². The first-order chi connectivity index (χ1) is 16.5. The molecule has 0 radical (unpaired) electrons. The van der Waals surface area contributed by atoms with Gasteiger partial charge in [0.15, 0.2) is 0 Å². The molecule has 2 aromatic rings. The molecule has 0 aliphatic carbocycles. The first-order valence-electron chi connectivity index (χ1n) is 12.4. The molecule has 8 heteroatoms. The predicted molar refractivity (Wildman–Crippen MR) is 129 cm³/mol. The molecule has 0 amide bonds. The van der Waals surface area contributed by atoms with E-state index < -0.39 is 11.7 Å². The van der Waals surface area contributed by atoms with Gasteiger partial charge in [-0.15, -0.1) is 0 Å². The average Bonchev–Trinajstić information content (AvgIpc) is 2.80. The Balaban J connectivity index is 1.54. The van der Waals surface area contributed by atoms with E-state index in [9.17, 15) is 17.6 Å². The largest absolute Gasteiger partial charge is 0.416 e. The molecular formula is C27H35F4N3O. The fourth-order valence-corrected chi connectivity index (χ4v) is 5.54. The minimum atomic E-state index is -4.46. The van der Waals surface area contributed by atoms with Crippen LogP contribution >= 0.6 is 0 Å². The minimum Gasteiger partial charge on any atom is -0.374 e. The second-order valence-corrected chi connectivity index (χ2v) is 10.6. The smallest absolute Gasteiger partial charge is 0.374 e. The molecule has 0 spiro atoms. The van der Waals surface area contributed by atoms with Gasteiger partial charge in [0, 0.05) is 18.5 Å². The molecular weight excluding hydrogens is 458 g/mol. The van der Waals surface area contributed by atoms with Crippen molar-refractivity contribution in [3.05, 3.63) is 59.0 Å². The van der Waals surface area contributed by atoms with Gasteiger partial charge in [0.1, 0.15) is 11.6 Å². The zero-order chi connectivity index (χ0) is 25.2. The van der Waals surface area contributed by atoms with Crippen molar-refractivity contribution in [2.45, 2.75) is 51.3 Å². The third kappa shape index (κ3) is 6.33. The van der Waals surface area contributed by atoms with Gasteiger partial charge >= 0.3 is 6.18 Å². The lowest BCUT2D eigenvalue weighted by Crippen LogP contribution is -2.43. The number of ether oxygens (including phenoxy) is 1. The van der Waals surface area contributed by atoms with Crippen molar-refractivity contribution in [3.63, 3.8) is 0 Å². The maximum absolute atomic E-state index is 13.7. The number of halogens is 4. The van der Waals surface area contributed by atoms with Gasteiger partial charge in [0.25, 0.3) is 0 Å². The van der Waals surface area contributed by atoms with Gasteiger partial charge in [-0.2, -0.15) is 13.2 Å². The van der Waals surface area contributed by atoms with Gasteiger partial charge in [-0.3, -0.25) is 0 Å². The number of pyridine rings is 1. The molecule has 2 fully saturated rings. The van der Waals surface area contributed by atoms with Crippen molar-refractivity contribution in [1.82, 2.24) is 9.88 Å². The van der Waals surface area contributed by atoms with E-state index in [0.29, 0.717) is 37.4 Å². The first-order valence-corrected chi connectivity index (χ1v) is 12.4. The molecule has 0 bridgehead atoms. The van der Waals surface area contributed by atoms with E-state index in [4.69, 9.17) is 4.74 Å². The summed E-state index contributed by atoms with van der Waals surface area (Å²) in [6.45, 7) is 7.72. The molecule has 35 heavy (non-hydrogen) atoms. The molecule has 2 unspecified atom stereocenters. The third-order valence-corrected chi connectivity index (χ3v) is 7.41. The monoisotopic (exact) mass is 493 g/mol. The van der Waals surface area contributed by atoms with Crippen molar-refractivity contribution in [3.8, 4) is 0 Å². The van der Waals surface area contributed by atoms with Gasteiger partial charge < -0.3 is 14.5 Å². The Kier molecular flexibility index (Phi) is 7.71. The highest BCUT2D eigenvalue weighted by Crippen LogP contribution is 2.37. The fourth-order valence-electron chi connectivity index (χ4n) is 5.54. The Morgan fingerprint density at radius 3 is 2.26 bits per heavy atom. The van der Waals surface area contributed by atoms with Crippen molar-refractivity contribution in [1.29, 1.82) is 0 Å². The second-order valence-electron chi connectivity index (χ2n) is 10.6. The van der Waals surface area contributed by atoms with Crippen LogP contribution < -0.4 is 4.90 Å². The van der Waals surface area contributed by atoms with Crippen molar-refractivity contribution in [2.24, 2.45) is 11.8 Å².